The highest BCUT2D eigenvalue weighted by Crippen LogP contribution is 2.46. The lowest BCUT2D eigenvalue weighted by Gasteiger charge is -2.41. The van der Waals surface area contributed by atoms with Crippen LogP contribution in [-0.4, -0.2) is 74.9 Å². The van der Waals surface area contributed by atoms with E-state index in [0.717, 1.165) is 6.07 Å². The number of ether oxygens (including phenoxy) is 2. The minimum atomic E-state index is -1.11. The van der Waals surface area contributed by atoms with Gasteiger partial charge in [-0.05, 0) is 44.5 Å². The van der Waals surface area contributed by atoms with E-state index < -0.39 is 23.7 Å². The average Bonchev–Trinajstić information content (AvgIpc) is 3.34. The molecule has 2 aromatic carbocycles. The van der Waals surface area contributed by atoms with E-state index in [0.29, 0.717) is 62.5 Å². The molecule has 0 spiro atoms. The van der Waals surface area contributed by atoms with Crippen molar-refractivity contribution < 1.29 is 37.7 Å². The normalized spacial score (nSPS) is 21.0. The molecule has 0 saturated carbocycles. The van der Waals surface area contributed by atoms with Gasteiger partial charge < -0.3 is 29.3 Å². The number of hydrogen-bond acceptors (Lipinski definition) is 8. The first kappa shape index (κ1) is 28.2. The van der Waals surface area contributed by atoms with Crippen LogP contribution in [-0.2, 0) is 9.53 Å². The van der Waals surface area contributed by atoms with Gasteiger partial charge in [0.2, 0.25) is 0 Å². The van der Waals surface area contributed by atoms with Crippen LogP contribution in [0.2, 0.25) is 0 Å². The number of carbonyl (C=O) groups is 3. The van der Waals surface area contributed by atoms with E-state index >= 15 is 8.78 Å². The Labute approximate surface area is 236 Å². The number of rotatable bonds is 7. The maximum Gasteiger partial charge on any atom is 0.414 e. The molecule has 2 aromatic rings. The molecule has 1 unspecified atom stereocenters. The van der Waals surface area contributed by atoms with E-state index in [2.05, 4.69) is 0 Å². The number of hydrogen-bond donors (Lipinski definition) is 1. The van der Waals surface area contributed by atoms with E-state index in [4.69, 9.17) is 9.47 Å². The highest BCUT2D eigenvalue weighted by Gasteiger charge is 2.35. The number of cyclic esters (lactones) is 1. The van der Waals surface area contributed by atoms with Crippen molar-refractivity contribution in [3.63, 3.8) is 0 Å². The third-order valence-electron chi connectivity index (χ3n) is 7.72. The van der Waals surface area contributed by atoms with Gasteiger partial charge in [-0.2, -0.15) is 0 Å². The van der Waals surface area contributed by atoms with Crippen LogP contribution in [0.4, 0.5) is 36.3 Å². The predicted molar refractivity (Wildman–Crippen MR) is 149 cm³/mol. The second-order valence-electron chi connectivity index (χ2n) is 10.4. The number of aldehydes is 1. The van der Waals surface area contributed by atoms with Gasteiger partial charge in [0.05, 0.1) is 35.2 Å². The van der Waals surface area contributed by atoms with Crippen LogP contribution in [0.25, 0.3) is 0 Å². The van der Waals surface area contributed by atoms with E-state index in [1.165, 1.54) is 24.1 Å². The molecule has 1 N–H and O–H groups in total. The summed E-state index contributed by atoms with van der Waals surface area (Å²) in [6.07, 6.45) is 1.92. The standard InChI is InChI=1S/C29H32F2N4O6/c1-4-21-14-35(29(39)41-21)20-5-6-24(22(30)12-20)32-7-9-33(10-8-32)26-23(31)11-19(15-36)25-27(26)40-16-18(3)34(25)13-17(2)28(37)38/h5-6,11-13,15,18,21H,4,7-10,14,16H2,1-3H3,(H,37,38)/b17-13+/t18?,21-/m0/s1. The van der Waals surface area contributed by atoms with Crippen LogP contribution in [0.1, 0.15) is 37.6 Å². The van der Waals surface area contributed by atoms with Gasteiger partial charge >= 0.3 is 12.1 Å². The fraction of sp³-hybridized carbons (Fsp3) is 0.414. The summed E-state index contributed by atoms with van der Waals surface area (Å²) >= 11 is 0. The number of anilines is 4. The number of halogens is 2. The van der Waals surface area contributed by atoms with Gasteiger partial charge in [0, 0.05) is 37.9 Å². The van der Waals surface area contributed by atoms with Gasteiger partial charge in [-0.1, -0.05) is 6.92 Å². The molecule has 5 rings (SSSR count). The average molecular weight is 571 g/mol. The Morgan fingerprint density at radius 1 is 1.10 bits per heavy atom. The van der Waals surface area contributed by atoms with Gasteiger partial charge in [0.25, 0.3) is 0 Å². The van der Waals surface area contributed by atoms with Crippen molar-refractivity contribution in [3.05, 3.63) is 53.2 Å². The molecular weight excluding hydrogens is 538 g/mol. The molecule has 0 aromatic heterocycles. The zero-order chi connectivity index (χ0) is 29.4. The van der Waals surface area contributed by atoms with Crippen LogP contribution in [0, 0.1) is 11.6 Å². The first-order valence-electron chi connectivity index (χ1n) is 13.5. The van der Waals surface area contributed by atoms with Crippen LogP contribution in [0.15, 0.2) is 36.0 Å². The second kappa shape index (κ2) is 11.3. The molecule has 1 amide bonds. The topological polar surface area (TPSA) is 103 Å². The number of piperazine rings is 1. The third kappa shape index (κ3) is 5.25. The maximum absolute atomic E-state index is 15.5. The lowest BCUT2D eigenvalue weighted by Crippen LogP contribution is -2.48. The zero-order valence-corrected chi connectivity index (χ0v) is 23.1. The summed E-state index contributed by atoms with van der Waals surface area (Å²) in [4.78, 5) is 42.3. The summed E-state index contributed by atoms with van der Waals surface area (Å²) in [6.45, 7) is 7.14. The molecule has 218 valence electrons. The molecule has 0 radical (unpaired) electrons. The van der Waals surface area contributed by atoms with E-state index in [9.17, 15) is 19.5 Å². The SMILES string of the molecule is CC[C@H]1CN(c2ccc(N3CCN(c4c(F)cc(C=O)c5c4OCC(C)N5/C=C(\C)C(=O)O)CC3)c(F)c2)C(=O)O1. The molecule has 12 heteroatoms. The minimum absolute atomic E-state index is 0.0511. The van der Waals surface area contributed by atoms with Crippen molar-refractivity contribution in [3.8, 4) is 5.75 Å². The summed E-state index contributed by atoms with van der Waals surface area (Å²) in [5, 5.41) is 9.40. The van der Waals surface area contributed by atoms with Crippen LogP contribution in [0.5, 0.6) is 5.75 Å². The van der Waals surface area contributed by atoms with Gasteiger partial charge in [-0.3, -0.25) is 9.69 Å². The Kier molecular flexibility index (Phi) is 7.74. The first-order chi connectivity index (χ1) is 19.6. The highest BCUT2D eigenvalue weighted by molar-refractivity contribution is 5.94. The summed E-state index contributed by atoms with van der Waals surface area (Å²) in [7, 11) is 0. The van der Waals surface area contributed by atoms with E-state index in [1.807, 2.05) is 18.7 Å². The summed E-state index contributed by atoms with van der Waals surface area (Å²) in [5.41, 5.74) is 1.40. The third-order valence-corrected chi connectivity index (χ3v) is 7.72. The Bertz CT molecular complexity index is 1410. The van der Waals surface area contributed by atoms with Crippen molar-refractivity contribution in [2.45, 2.75) is 39.3 Å². The molecule has 10 nitrogen and oxygen atoms in total. The summed E-state index contributed by atoms with van der Waals surface area (Å²) in [6, 6.07) is 5.48. The lowest BCUT2D eigenvalue weighted by atomic mass is 10.0. The van der Waals surface area contributed by atoms with Crippen molar-refractivity contribution in [1.29, 1.82) is 0 Å². The van der Waals surface area contributed by atoms with Gasteiger partial charge in [-0.15, -0.1) is 0 Å². The molecule has 3 aliphatic rings. The van der Waals surface area contributed by atoms with Crippen LogP contribution in [0.3, 0.4) is 0 Å². The fourth-order valence-electron chi connectivity index (χ4n) is 5.41. The van der Waals surface area contributed by atoms with Crippen molar-refractivity contribution in [2.24, 2.45) is 0 Å². The number of nitrogens with zero attached hydrogens (tertiary/aromatic N) is 4. The maximum atomic E-state index is 15.5. The quantitative estimate of drug-likeness (QED) is 0.383. The number of amides is 1. The highest BCUT2D eigenvalue weighted by atomic mass is 19.1. The molecule has 3 aliphatic heterocycles. The smallest absolute Gasteiger partial charge is 0.414 e. The van der Waals surface area contributed by atoms with Gasteiger partial charge in [-0.25, -0.2) is 18.4 Å². The Balaban J connectivity index is 1.38. The number of fused-ring (bicyclic) bond motifs is 1. The largest absolute Gasteiger partial charge is 0.487 e. The fourth-order valence-corrected chi connectivity index (χ4v) is 5.41. The number of benzene rings is 2. The summed E-state index contributed by atoms with van der Waals surface area (Å²) in [5.74, 6) is -2.05. The molecule has 2 atom stereocenters. The van der Waals surface area contributed by atoms with E-state index in [-0.39, 0.29) is 41.3 Å². The Hall–Kier alpha value is -4.35. The Morgan fingerprint density at radius 2 is 1.80 bits per heavy atom. The molecule has 41 heavy (non-hydrogen) atoms. The Morgan fingerprint density at radius 3 is 2.41 bits per heavy atom. The molecular formula is C29H32F2N4O6. The molecule has 0 aliphatic carbocycles. The van der Waals surface area contributed by atoms with Crippen molar-refractivity contribution in [2.75, 3.05) is 58.9 Å². The monoisotopic (exact) mass is 570 g/mol. The number of carboxylic acids is 1. The molecule has 2 fully saturated rings. The lowest BCUT2D eigenvalue weighted by molar-refractivity contribution is -0.132. The number of carboxylic acid groups (broad SMARTS) is 1. The second-order valence-corrected chi connectivity index (χ2v) is 10.4. The van der Waals surface area contributed by atoms with Crippen LogP contribution >= 0.6 is 0 Å². The molecule has 0 bridgehead atoms. The first-order valence-corrected chi connectivity index (χ1v) is 13.5. The molecule has 3 heterocycles. The van der Waals surface area contributed by atoms with Crippen LogP contribution < -0.4 is 24.3 Å². The minimum Gasteiger partial charge on any atom is -0.487 e. The number of carbonyl (C=O) groups excluding carboxylic acids is 2. The van der Waals surface area contributed by atoms with E-state index in [1.54, 1.807) is 21.9 Å². The number of aliphatic carboxylic acids is 1. The van der Waals surface area contributed by atoms with Gasteiger partial charge in [0.1, 0.15) is 24.2 Å². The van der Waals surface area contributed by atoms with Gasteiger partial charge in [0.15, 0.2) is 17.9 Å². The molecule has 2 saturated heterocycles. The van der Waals surface area contributed by atoms with Crippen molar-refractivity contribution in [1.82, 2.24) is 0 Å². The predicted octanol–water partition coefficient (Wildman–Crippen LogP) is 4.41. The summed E-state index contributed by atoms with van der Waals surface area (Å²) < 4.78 is 41.9. The zero-order valence-electron chi connectivity index (χ0n) is 23.1. The van der Waals surface area contributed by atoms with Crippen molar-refractivity contribution >= 4 is 41.1 Å².